The first-order valence-corrected chi connectivity index (χ1v) is 37.5. The Morgan fingerprint density at radius 3 is 1.13 bits per heavy atom. The van der Waals surface area contributed by atoms with Crippen LogP contribution in [0.25, 0.3) is 109 Å². The number of rotatable bonds is 0. The van der Waals surface area contributed by atoms with Gasteiger partial charge in [-0.05, 0) is 129 Å². The molecule has 8 heteroatoms. The van der Waals surface area contributed by atoms with Gasteiger partial charge in [-0.25, -0.2) is 0 Å². The smallest absolute Gasteiger partial charge is 0.0932 e. The van der Waals surface area contributed by atoms with Crippen LogP contribution in [0, 0.1) is 41.5 Å². The lowest BCUT2D eigenvalue weighted by atomic mass is 10.0. The van der Waals surface area contributed by atoms with Crippen molar-refractivity contribution in [1.82, 2.24) is 40.3 Å². The molecule has 10 aromatic carbocycles. The van der Waals surface area contributed by atoms with Crippen LogP contribution in [0.5, 0.6) is 0 Å². The second-order valence-electron chi connectivity index (χ2n) is 20.5. The Labute approximate surface area is 614 Å². The fraction of sp³-hybridized carbons (Fsp3) is 0.277. The quantitative estimate of drug-likeness (QED) is 0.138. The Hall–Kier alpha value is -10.4. The van der Waals surface area contributed by atoms with Crippen molar-refractivity contribution in [3.05, 3.63) is 289 Å². The van der Waals surface area contributed by atoms with Crippen molar-refractivity contribution < 1.29 is 0 Å². The van der Waals surface area contributed by atoms with E-state index in [1.165, 1.54) is 86.9 Å². The van der Waals surface area contributed by atoms with Crippen molar-refractivity contribution in [3.63, 3.8) is 0 Å². The monoisotopic (exact) mass is 1360 g/mol. The van der Waals surface area contributed by atoms with Crippen LogP contribution in [-0.2, 0) is 0 Å². The first-order chi connectivity index (χ1) is 50.1. The van der Waals surface area contributed by atoms with Crippen molar-refractivity contribution in [1.29, 1.82) is 0 Å². The zero-order valence-corrected chi connectivity index (χ0v) is 66.8. The molecule has 0 N–H and O–H groups in total. The van der Waals surface area contributed by atoms with E-state index in [2.05, 4.69) is 232 Å². The second kappa shape index (κ2) is 52.6. The Kier molecular flexibility index (Phi) is 46.2. The average Bonchev–Trinajstić information content (AvgIpc) is 0.805. The van der Waals surface area contributed by atoms with Gasteiger partial charge in [-0.1, -0.05) is 326 Å². The van der Waals surface area contributed by atoms with Crippen molar-refractivity contribution in [3.8, 4) is 0 Å². The third-order valence-corrected chi connectivity index (χ3v) is 14.3. The van der Waals surface area contributed by atoms with Crippen LogP contribution >= 0.6 is 0 Å². The molecule has 536 valence electrons. The Bertz CT molecular complexity index is 4720. The van der Waals surface area contributed by atoms with Crippen LogP contribution in [-0.4, -0.2) is 40.3 Å². The van der Waals surface area contributed by atoms with Gasteiger partial charge in [-0.15, -0.1) is 0 Å². The van der Waals surface area contributed by atoms with Gasteiger partial charge in [0.25, 0.3) is 0 Å². The third-order valence-electron chi connectivity index (χ3n) is 14.3. The lowest BCUT2D eigenvalue weighted by Gasteiger charge is -2.05. The molecule has 0 aliphatic rings. The number of fused-ring (bicyclic) bond motifs is 14. The van der Waals surface area contributed by atoms with Crippen LogP contribution in [0.1, 0.15) is 172 Å². The molecule has 0 atom stereocenters. The zero-order chi connectivity index (χ0) is 76.4. The minimum absolute atomic E-state index is 0.957. The molecule has 6 heterocycles. The number of para-hydroxylation sites is 2. The van der Waals surface area contributed by atoms with Crippen molar-refractivity contribution in [2.24, 2.45) is 0 Å². The molecule has 0 bridgehead atoms. The van der Waals surface area contributed by atoms with Gasteiger partial charge in [-0.3, -0.25) is 19.9 Å². The van der Waals surface area contributed by atoms with Crippen LogP contribution in [0.4, 0.5) is 0 Å². The van der Waals surface area contributed by atoms with Crippen LogP contribution in [0.15, 0.2) is 255 Å². The molecular formula is C94H120N8. The van der Waals surface area contributed by atoms with E-state index in [1.807, 2.05) is 238 Å². The maximum atomic E-state index is 4.60. The van der Waals surface area contributed by atoms with Gasteiger partial charge >= 0.3 is 0 Å². The summed E-state index contributed by atoms with van der Waals surface area (Å²) in [6.07, 6.45) is 7.53. The lowest BCUT2D eigenvalue weighted by Crippen LogP contribution is -1.86. The molecule has 102 heavy (non-hydrogen) atoms. The fourth-order valence-corrected chi connectivity index (χ4v) is 10.2. The van der Waals surface area contributed by atoms with E-state index < -0.39 is 0 Å². The number of hydrogen-bond acceptors (Lipinski definition) is 8. The van der Waals surface area contributed by atoms with Gasteiger partial charge in [0, 0.05) is 78.1 Å². The van der Waals surface area contributed by atoms with Crippen molar-refractivity contribution >= 4 is 109 Å². The highest BCUT2D eigenvalue weighted by atomic mass is 15.1. The summed E-state index contributed by atoms with van der Waals surface area (Å²) in [6, 6.07) is 79.1. The molecule has 16 aromatic rings. The number of pyridine rings is 4. The molecule has 8 nitrogen and oxygen atoms in total. The van der Waals surface area contributed by atoms with Gasteiger partial charge < -0.3 is 0 Å². The number of aromatic nitrogens is 8. The standard InChI is InChI=1S/4C14H11N.2C9H8N2.10C2H6/c1-10-11-6-2-3-7-12(11)13-8-4-5-9-14(13)15-10;1-10-6-7-11-9-15-14-5-3-2-4-12(14)13(11)8-10;1-10-6-7-14-13(8-10)12-5-3-2-4-11(12)9-15-14;1-10-6-7-13-12-5-3-2-4-11(12)9-15-14(13)8-10;1-7-2-3-8-4-5-10-11-9(8)6-7;1-7-6-8-4-2-3-5-9(8)11-10-7;10*1-2/h4*2-9H,1H3;2*2-6H,1H3;10*1-2H3. The van der Waals surface area contributed by atoms with Crippen LogP contribution in [0.3, 0.4) is 0 Å². The molecule has 0 spiro atoms. The normalized spacial score (nSPS) is 9.27. The van der Waals surface area contributed by atoms with Crippen molar-refractivity contribution in [2.75, 3.05) is 0 Å². The van der Waals surface area contributed by atoms with Gasteiger partial charge in [0.2, 0.25) is 0 Å². The Balaban J connectivity index is 0.000000584. The summed E-state index contributed by atoms with van der Waals surface area (Å²) in [7, 11) is 0. The first kappa shape index (κ1) is 89.6. The summed E-state index contributed by atoms with van der Waals surface area (Å²) in [5.74, 6) is 0. The minimum Gasteiger partial charge on any atom is -0.256 e. The highest BCUT2D eigenvalue weighted by molar-refractivity contribution is 6.08. The molecular weight excluding hydrogens is 1240 g/mol. The number of nitrogens with zero attached hydrogens (tertiary/aromatic N) is 8. The molecule has 0 saturated heterocycles. The third kappa shape index (κ3) is 26.6. The van der Waals surface area contributed by atoms with E-state index in [0.717, 1.165) is 55.3 Å². The molecule has 16 rings (SSSR count). The maximum Gasteiger partial charge on any atom is 0.0932 e. The predicted molar refractivity (Wildman–Crippen MR) is 458 cm³/mol. The fourth-order valence-electron chi connectivity index (χ4n) is 10.2. The lowest BCUT2D eigenvalue weighted by molar-refractivity contribution is 1.02. The molecule has 0 aliphatic heterocycles. The van der Waals surface area contributed by atoms with Crippen LogP contribution < -0.4 is 0 Å². The molecule has 0 amide bonds. The predicted octanol–water partition coefficient (Wildman–Crippen LogP) is 28.9. The molecule has 6 aromatic heterocycles. The van der Waals surface area contributed by atoms with Gasteiger partial charge in [-0.2, -0.15) is 20.4 Å². The van der Waals surface area contributed by atoms with E-state index in [1.54, 1.807) is 6.20 Å². The summed E-state index contributed by atoms with van der Waals surface area (Å²) < 4.78 is 0. The largest absolute Gasteiger partial charge is 0.256 e. The molecule has 0 aliphatic carbocycles. The highest BCUT2D eigenvalue weighted by Crippen LogP contribution is 2.28. The van der Waals surface area contributed by atoms with Gasteiger partial charge in [0.1, 0.15) is 0 Å². The second-order valence-corrected chi connectivity index (χ2v) is 20.5. The van der Waals surface area contributed by atoms with Gasteiger partial charge in [0.15, 0.2) is 0 Å². The van der Waals surface area contributed by atoms with Crippen molar-refractivity contribution in [2.45, 2.75) is 180 Å². The summed E-state index contributed by atoms with van der Waals surface area (Å²) in [4.78, 5) is 18.0. The summed E-state index contributed by atoms with van der Waals surface area (Å²) in [5.41, 5.74) is 13.3. The summed E-state index contributed by atoms with van der Waals surface area (Å²) in [6.45, 7) is 52.4. The molecule has 0 unspecified atom stereocenters. The highest BCUT2D eigenvalue weighted by Gasteiger charge is 2.06. The van der Waals surface area contributed by atoms with E-state index in [9.17, 15) is 0 Å². The Morgan fingerprint density at radius 2 is 0.569 bits per heavy atom. The SMILES string of the molecule is CC.CC.CC.CC.CC.CC.CC.CC.CC.CC.Cc1cc2ccccc2nn1.Cc1ccc2c(c1)ncc1ccccc12.Cc1ccc2ccnnc2c1.Cc1ccc2cnc3ccccc3c2c1.Cc1ccc2ncc3ccccc3c2c1.Cc1nc2ccccc2c2ccccc12. The van der Waals surface area contributed by atoms with E-state index in [-0.39, 0.29) is 0 Å². The maximum absolute atomic E-state index is 4.60. The van der Waals surface area contributed by atoms with E-state index in [0.29, 0.717) is 0 Å². The number of aryl methyl sites for hydroxylation is 6. The average molecular weight is 1360 g/mol. The number of hydrogen-bond donors (Lipinski definition) is 0. The first-order valence-electron chi connectivity index (χ1n) is 37.5. The number of benzene rings is 10. The van der Waals surface area contributed by atoms with E-state index in [4.69, 9.17) is 0 Å². The molecule has 0 fully saturated rings. The summed E-state index contributed by atoms with van der Waals surface area (Å²) >= 11 is 0. The molecule has 0 saturated carbocycles. The molecule has 0 radical (unpaired) electrons. The minimum atomic E-state index is 0.957. The van der Waals surface area contributed by atoms with E-state index >= 15 is 0 Å². The topological polar surface area (TPSA) is 103 Å². The zero-order valence-electron chi connectivity index (χ0n) is 66.8. The Morgan fingerprint density at radius 1 is 0.206 bits per heavy atom. The summed E-state index contributed by atoms with van der Waals surface area (Å²) in [5, 5.41) is 33.0. The van der Waals surface area contributed by atoms with Crippen LogP contribution in [0.2, 0.25) is 0 Å². The van der Waals surface area contributed by atoms with Gasteiger partial charge in [0.05, 0.1) is 45.0 Å².